The molecule has 8 heteroatoms. The molecule has 2 aliphatic rings. The van der Waals surface area contributed by atoms with Gasteiger partial charge in [-0.2, -0.15) is 4.31 Å². The second kappa shape index (κ2) is 10.9. The van der Waals surface area contributed by atoms with Crippen molar-refractivity contribution in [3.8, 4) is 5.75 Å². The molecule has 2 aliphatic heterocycles. The third kappa shape index (κ3) is 5.45. The van der Waals surface area contributed by atoms with Crippen molar-refractivity contribution in [2.75, 3.05) is 26.7 Å². The van der Waals surface area contributed by atoms with Gasteiger partial charge >= 0.3 is 0 Å². The summed E-state index contributed by atoms with van der Waals surface area (Å²) < 4.78 is 33.8. The first kappa shape index (κ1) is 24.7. The van der Waals surface area contributed by atoms with Gasteiger partial charge in [0.2, 0.25) is 10.0 Å². The molecule has 1 atom stereocenters. The lowest BCUT2D eigenvalue weighted by atomic mass is 10.1. The molecule has 2 heterocycles. The summed E-state index contributed by atoms with van der Waals surface area (Å²) in [5.74, 6) is -0.0490. The largest absolute Gasteiger partial charge is 0.495 e. The third-order valence-corrected chi connectivity index (χ3v) is 8.94. The molecule has 1 N–H and O–H groups in total. The van der Waals surface area contributed by atoms with Crippen molar-refractivity contribution in [2.45, 2.75) is 63.1 Å². The molecule has 0 saturated carbocycles. The number of nitrogens with one attached hydrogen (secondary N) is 1. The number of sulfonamides is 1. The Hall–Kier alpha value is -2.42. The standard InChI is InChI=1S/C26H35N3O4S/c1-20-9-5-6-16-29(20)34(31,32)25-17-21(12-13-24(25)33-2)26(30)27-18-22-10-3-4-11-23(22)19-28-14-7-8-15-28/h3-4,10-13,17,20H,5-9,14-16,18-19H2,1-2H3,(H,27,30)/t20-/m0/s1. The van der Waals surface area contributed by atoms with Crippen molar-refractivity contribution in [1.82, 2.24) is 14.5 Å². The van der Waals surface area contributed by atoms with E-state index in [4.69, 9.17) is 4.74 Å². The smallest absolute Gasteiger partial charge is 0.251 e. The molecule has 7 nitrogen and oxygen atoms in total. The van der Waals surface area contributed by atoms with Crippen LogP contribution < -0.4 is 10.1 Å². The highest BCUT2D eigenvalue weighted by Crippen LogP contribution is 2.31. The molecular formula is C26H35N3O4S. The van der Waals surface area contributed by atoms with E-state index in [1.807, 2.05) is 25.1 Å². The normalized spacial score (nSPS) is 19.8. The van der Waals surface area contributed by atoms with Gasteiger partial charge in [-0.05, 0) is 75.0 Å². The van der Waals surface area contributed by atoms with Gasteiger partial charge in [0.15, 0.2) is 0 Å². The Balaban J connectivity index is 1.51. The van der Waals surface area contributed by atoms with E-state index in [-0.39, 0.29) is 22.6 Å². The van der Waals surface area contributed by atoms with Gasteiger partial charge in [-0.3, -0.25) is 9.69 Å². The monoisotopic (exact) mass is 485 g/mol. The number of likely N-dealkylation sites (tertiary alicyclic amines) is 1. The third-order valence-electron chi connectivity index (χ3n) is 6.90. The molecule has 2 fully saturated rings. The summed E-state index contributed by atoms with van der Waals surface area (Å²) in [4.78, 5) is 15.5. The first-order valence-corrected chi connectivity index (χ1v) is 13.6. The topological polar surface area (TPSA) is 79.0 Å². The van der Waals surface area contributed by atoms with Gasteiger partial charge in [0, 0.05) is 31.2 Å². The average molecular weight is 486 g/mol. The lowest BCUT2D eigenvalue weighted by Gasteiger charge is -2.32. The highest BCUT2D eigenvalue weighted by molar-refractivity contribution is 7.89. The number of hydrogen-bond donors (Lipinski definition) is 1. The molecule has 2 saturated heterocycles. The van der Waals surface area contributed by atoms with E-state index >= 15 is 0 Å². The molecule has 4 rings (SSSR count). The Labute approximate surface area is 203 Å². The number of piperidine rings is 1. The van der Waals surface area contributed by atoms with E-state index in [1.54, 1.807) is 12.1 Å². The summed E-state index contributed by atoms with van der Waals surface area (Å²) in [5.41, 5.74) is 2.59. The maximum atomic E-state index is 13.5. The van der Waals surface area contributed by atoms with E-state index in [9.17, 15) is 13.2 Å². The Bertz CT molecular complexity index is 1110. The minimum Gasteiger partial charge on any atom is -0.495 e. The molecular weight excluding hydrogens is 450 g/mol. The van der Waals surface area contributed by atoms with Crippen LogP contribution in [0, 0.1) is 0 Å². The highest BCUT2D eigenvalue weighted by atomic mass is 32.2. The predicted molar refractivity (Wildman–Crippen MR) is 132 cm³/mol. The maximum Gasteiger partial charge on any atom is 0.251 e. The predicted octanol–water partition coefficient (Wildman–Crippen LogP) is 3.78. The van der Waals surface area contributed by atoms with Crippen LogP contribution in [-0.2, 0) is 23.1 Å². The number of methoxy groups -OCH3 is 1. The van der Waals surface area contributed by atoms with E-state index in [2.05, 4.69) is 16.3 Å². The lowest BCUT2D eigenvalue weighted by molar-refractivity contribution is 0.0950. The summed E-state index contributed by atoms with van der Waals surface area (Å²) in [7, 11) is -2.33. The zero-order chi connectivity index (χ0) is 24.1. The number of carbonyl (C=O) groups excluding carboxylic acids is 1. The van der Waals surface area contributed by atoms with Crippen LogP contribution in [-0.4, -0.2) is 56.3 Å². The Morgan fingerprint density at radius 2 is 1.74 bits per heavy atom. The van der Waals surface area contributed by atoms with Crippen molar-refractivity contribution in [3.05, 3.63) is 59.2 Å². The van der Waals surface area contributed by atoms with Crippen LogP contribution >= 0.6 is 0 Å². The number of benzene rings is 2. The number of hydrogen-bond acceptors (Lipinski definition) is 5. The maximum absolute atomic E-state index is 13.5. The van der Waals surface area contributed by atoms with Crippen LogP contribution in [0.3, 0.4) is 0 Å². The zero-order valence-electron chi connectivity index (χ0n) is 20.1. The van der Waals surface area contributed by atoms with Gasteiger partial charge in [-0.15, -0.1) is 0 Å². The van der Waals surface area contributed by atoms with Crippen LogP contribution in [0.25, 0.3) is 0 Å². The first-order valence-electron chi connectivity index (χ1n) is 12.2. The molecule has 2 aromatic rings. The second-order valence-corrected chi connectivity index (χ2v) is 11.1. The summed E-state index contributed by atoms with van der Waals surface area (Å²) in [6, 6.07) is 12.7. The first-order chi connectivity index (χ1) is 16.4. The second-order valence-electron chi connectivity index (χ2n) is 9.26. The van der Waals surface area contributed by atoms with Gasteiger partial charge in [0.1, 0.15) is 10.6 Å². The molecule has 2 aromatic carbocycles. The van der Waals surface area contributed by atoms with E-state index in [0.29, 0.717) is 18.7 Å². The minimum absolute atomic E-state index is 0.0471. The van der Waals surface area contributed by atoms with Crippen molar-refractivity contribution < 1.29 is 17.9 Å². The molecule has 184 valence electrons. The molecule has 34 heavy (non-hydrogen) atoms. The number of carbonyl (C=O) groups is 1. The fourth-order valence-electron chi connectivity index (χ4n) is 4.92. The summed E-state index contributed by atoms with van der Waals surface area (Å²) in [5, 5.41) is 2.98. The zero-order valence-corrected chi connectivity index (χ0v) is 20.9. The molecule has 0 aromatic heterocycles. The Morgan fingerprint density at radius 3 is 2.44 bits per heavy atom. The highest BCUT2D eigenvalue weighted by Gasteiger charge is 2.33. The summed E-state index contributed by atoms with van der Waals surface area (Å²) in [6.07, 6.45) is 5.16. The SMILES string of the molecule is COc1ccc(C(=O)NCc2ccccc2CN2CCCC2)cc1S(=O)(=O)N1CCCC[C@@H]1C. The van der Waals surface area contributed by atoms with Crippen LogP contribution in [0.4, 0.5) is 0 Å². The summed E-state index contributed by atoms with van der Waals surface area (Å²) in [6.45, 7) is 5.90. The van der Waals surface area contributed by atoms with Gasteiger partial charge < -0.3 is 10.1 Å². The van der Waals surface area contributed by atoms with Crippen LogP contribution in [0.15, 0.2) is 47.4 Å². The molecule has 0 aliphatic carbocycles. The van der Waals surface area contributed by atoms with Crippen molar-refractivity contribution in [2.24, 2.45) is 0 Å². The number of ether oxygens (including phenoxy) is 1. The van der Waals surface area contributed by atoms with E-state index in [0.717, 1.165) is 44.5 Å². The number of amides is 1. The van der Waals surface area contributed by atoms with E-state index in [1.165, 1.54) is 35.9 Å². The Kier molecular flexibility index (Phi) is 7.91. The minimum atomic E-state index is -3.77. The van der Waals surface area contributed by atoms with Gasteiger partial charge in [0.25, 0.3) is 5.91 Å². The lowest BCUT2D eigenvalue weighted by Crippen LogP contribution is -2.42. The molecule has 1 amide bonds. The Morgan fingerprint density at radius 1 is 1.03 bits per heavy atom. The van der Waals surface area contributed by atoms with Gasteiger partial charge in [-0.1, -0.05) is 30.7 Å². The number of nitrogens with zero attached hydrogens (tertiary/aromatic N) is 2. The fourth-order valence-corrected chi connectivity index (χ4v) is 6.80. The van der Waals surface area contributed by atoms with Crippen LogP contribution in [0.1, 0.15) is 60.5 Å². The van der Waals surface area contributed by atoms with Gasteiger partial charge in [-0.25, -0.2) is 8.42 Å². The van der Waals surface area contributed by atoms with Crippen molar-refractivity contribution >= 4 is 15.9 Å². The number of rotatable bonds is 8. The van der Waals surface area contributed by atoms with Gasteiger partial charge in [0.05, 0.1) is 7.11 Å². The van der Waals surface area contributed by atoms with Crippen LogP contribution in [0.2, 0.25) is 0 Å². The van der Waals surface area contributed by atoms with Crippen LogP contribution in [0.5, 0.6) is 5.75 Å². The van der Waals surface area contributed by atoms with Crippen molar-refractivity contribution in [3.63, 3.8) is 0 Å². The quantitative estimate of drug-likeness (QED) is 0.616. The molecule has 0 spiro atoms. The van der Waals surface area contributed by atoms with E-state index < -0.39 is 10.0 Å². The average Bonchev–Trinajstić information content (AvgIpc) is 3.36. The summed E-state index contributed by atoms with van der Waals surface area (Å²) >= 11 is 0. The molecule has 0 radical (unpaired) electrons. The fraction of sp³-hybridized carbons (Fsp3) is 0.500. The molecule has 0 unspecified atom stereocenters. The molecule has 0 bridgehead atoms. The van der Waals surface area contributed by atoms with Crippen molar-refractivity contribution in [1.29, 1.82) is 0 Å².